The van der Waals surface area contributed by atoms with Crippen molar-refractivity contribution in [3.63, 3.8) is 0 Å². The minimum atomic E-state index is -0.470. The third-order valence-corrected chi connectivity index (χ3v) is 4.26. The van der Waals surface area contributed by atoms with Crippen molar-refractivity contribution >= 4 is 12.3 Å². The van der Waals surface area contributed by atoms with Crippen molar-refractivity contribution in [2.45, 2.75) is 39.3 Å². The standard InChI is InChI=1S/C20H30N4O2/c1-6-16(14-21-5)18(17-8-7-9-22-15-17)23-10-12-24(13-11-23)19(25)26-20(2,3)4/h6-9,14-15,18H,10-13H2,1-5H3/b16-6+,21-14-. The number of piperazine rings is 1. The van der Waals surface area contributed by atoms with Crippen molar-refractivity contribution in [2.75, 3.05) is 33.2 Å². The van der Waals surface area contributed by atoms with Gasteiger partial charge in [0.2, 0.25) is 0 Å². The zero-order valence-electron chi connectivity index (χ0n) is 16.5. The normalized spacial score (nSPS) is 18.2. The topological polar surface area (TPSA) is 58.0 Å². The zero-order chi connectivity index (χ0) is 19.2. The first-order valence-corrected chi connectivity index (χ1v) is 9.06. The van der Waals surface area contributed by atoms with Crippen LogP contribution in [0.5, 0.6) is 0 Å². The SMILES string of the molecule is C/C=C(\C=N/C)C(c1cccnc1)N1CCN(C(=O)OC(C)(C)C)CC1. The Bertz CT molecular complexity index is 642. The van der Waals surface area contributed by atoms with Gasteiger partial charge in [-0.2, -0.15) is 0 Å². The number of hydrogen-bond donors (Lipinski definition) is 0. The molecule has 6 nitrogen and oxygen atoms in total. The number of rotatable bonds is 4. The maximum atomic E-state index is 12.3. The Morgan fingerprint density at radius 2 is 2.00 bits per heavy atom. The van der Waals surface area contributed by atoms with Crippen molar-refractivity contribution in [2.24, 2.45) is 4.99 Å². The number of carbonyl (C=O) groups excluding carboxylic acids is 1. The summed E-state index contributed by atoms with van der Waals surface area (Å²) in [6, 6.07) is 4.12. The van der Waals surface area contributed by atoms with Crippen LogP contribution in [-0.2, 0) is 4.74 Å². The van der Waals surface area contributed by atoms with E-state index in [-0.39, 0.29) is 12.1 Å². The summed E-state index contributed by atoms with van der Waals surface area (Å²) in [7, 11) is 1.78. The van der Waals surface area contributed by atoms with Gasteiger partial charge in [-0.3, -0.25) is 14.9 Å². The second-order valence-corrected chi connectivity index (χ2v) is 7.37. The predicted molar refractivity (Wildman–Crippen MR) is 105 cm³/mol. The molecule has 0 spiro atoms. The van der Waals surface area contributed by atoms with Crippen LogP contribution in [0.3, 0.4) is 0 Å². The Morgan fingerprint density at radius 1 is 1.31 bits per heavy atom. The fraction of sp³-hybridized carbons (Fsp3) is 0.550. The molecule has 2 heterocycles. The van der Waals surface area contributed by atoms with Crippen molar-refractivity contribution in [1.82, 2.24) is 14.8 Å². The average molecular weight is 358 g/mol. The van der Waals surface area contributed by atoms with Crippen LogP contribution in [0.4, 0.5) is 4.79 Å². The predicted octanol–water partition coefficient (Wildman–Crippen LogP) is 3.32. The van der Waals surface area contributed by atoms with E-state index in [0.717, 1.165) is 24.2 Å². The smallest absolute Gasteiger partial charge is 0.410 e. The Balaban J connectivity index is 2.13. The third-order valence-electron chi connectivity index (χ3n) is 4.26. The van der Waals surface area contributed by atoms with Gasteiger partial charge in [0, 0.05) is 51.8 Å². The number of hydrogen-bond acceptors (Lipinski definition) is 5. The summed E-state index contributed by atoms with van der Waals surface area (Å²) in [5.41, 5.74) is 1.79. The molecule has 0 aliphatic carbocycles. The van der Waals surface area contributed by atoms with E-state index in [0.29, 0.717) is 13.1 Å². The highest BCUT2D eigenvalue weighted by Gasteiger charge is 2.30. The lowest BCUT2D eigenvalue weighted by atomic mass is 9.98. The third kappa shape index (κ3) is 5.39. The zero-order valence-corrected chi connectivity index (χ0v) is 16.5. The van der Waals surface area contributed by atoms with Gasteiger partial charge in [-0.1, -0.05) is 12.1 Å². The van der Waals surface area contributed by atoms with Gasteiger partial charge in [-0.25, -0.2) is 4.79 Å². The van der Waals surface area contributed by atoms with Crippen LogP contribution in [-0.4, -0.2) is 65.9 Å². The summed E-state index contributed by atoms with van der Waals surface area (Å²) in [5.74, 6) is 0. The minimum Gasteiger partial charge on any atom is -0.444 e. The van der Waals surface area contributed by atoms with E-state index in [4.69, 9.17) is 4.74 Å². The van der Waals surface area contributed by atoms with Gasteiger partial charge in [0.15, 0.2) is 0 Å². The number of carbonyl (C=O) groups is 1. The first-order valence-electron chi connectivity index (χ1n) is 9.06. The summed E-state index contributed by atoms with van der Waals surface area (Å²) in [5, 5.41) is 0. The molecule has 1 saturated heterocycles. The molecule has 0 N–H and O–H groups in total. The maximum absolute atomic E-state index is 12.3. The molecule has 1 fully saturated rings. The largest absolute Gasteiger partial charge is 0.444 e. The average Bonchev–Trinajstić information content (AvgIpc) is 2.61. The molecule has 2 rings (SSSR count). The van der Waals surface area contributed by atoms with Gasteiger partial charge >= 0.3 is 6.09 Å². The second-order valence-electron chi connectivity index (χ2n) is 7.37. The van der Waals surface area contributed by atoms with E-state index in [1.807, 2.05) is 46.2 Å². The molecule has 1 aliphatic rings. The fourth-order valence-corrected chi connectivity index (χ4v) is 3.09. The lowest BCUT2D eigenvalue weighted by Gasteiger charge is -2.40. The van der Waals surface area contributed by atoms with Crippen LogP contribution in [0.2, 0.25) is 0 Å². The van der Waals surface area contributed by atoms with Gasteiger partial charge < -0.3 is 9.64 Å². The van der Waals surface area contributed by atoms with E-state index < -0.39 is 5.60 Å². The Kier molecular flexibility index (Phi) is 6.91. The van der Waals surface area contributed by atoms with Crippen LogP contribution >= 0.6 is 0 Å². The number of pyridine rings is 1. The first-order chi connectivity index (χ1) is 12.4. The minimum absolute atomic E-state index is 0.0817. The highest BCUT2D eigenvalue weighted by molar-refractivity contribution is 5.80. The second kappa shape index (κ2) is 8.94. The molecule has 1 amide bonds. The molecule has 26 heavy (non-hydrogen) atoms. The van der Waals surface area contributed by atoms with Crippen molar-refractivity contribution in [3.05, 3.63) is 41.7 Å². The molecule has 142 valence electrons. The van der Waals surface area contributed by atoms with Crippen LogP contribution in [0.25, 0.3) is 0 Å². The van der Waals surface area contributed by atoms with Crippen molar-refractivity contribution < 1.29 is 9.53 Å². The molecule has 1 aromatic heterocycles. The highest BCUT2D eigenvalue weighted by atomic mass is 16.6. The van der Waals surface area contributed by atoms with Gasteiger partial charge in [-0.05, 0) is 44.9 Å². The summed E-state index contributed by atoms with van der Waals surface area (Å²) in [6.45, 7) is 10.5. The summed E-state index contributed by atoms with van der Waals surface area (Å²) in [4.78, 5) is 24.9. The molecule has 6 heteroatoms. The van der Waals surface area contributed by atoms with E-state index >= 15 is 0 Å². The maximum Gasteiger partial charge on any atom is 0.410 e. The fourth-order valence-electron chi connectivity index (χ4n) is 3.09. The molecule has 1 atom stereocenters. The van der Waals surface area contributed by atoms with Gasteiger partial charge in [-0.15, -0.1) is 0 Å². The van der Waals surface area contributed by atoms with Gasteiger partial charge in [0.05, 0.1) is 6.04 Å². The van der Waals surface area contributed by atoms with Crippen LogP contribution in [0.1, 0.15) is 39.3 Å². The summed E-state index contributed by atoms with van der Waals surface area (Å²) in [6.07, 6.45) is 7.43. The highest BCUT2D eigenvalue weighted by Crippen LogP contribution is 2.28. The van der Waals surface area contributed by atoms with E-state index in [1.165, 1.54) is 0 Å². The Hall–Kier alpha value is -2.21. The Morgan fingerprint density at radius 3 is 2.50 bits per heavy atom. The number of allylic oxidation sites excluding steroid dienone is 1. The van der Waals surface area contributed by atoms with Gasteiger partial charge in [0.1, 0.15) is 5.60 Å². The molecule has 1 aliphatic heterocycles. The number of ether oxygens (including phenoxy) is 1. The van der Waals surface area contributed by atoms with Crippen molar-refractivity contribution in [3.8, 4) is 0 Å². The molecule has 1 unspecified atom stereocenters. The number of aromatic nitrogens is 1. The summed E-state index contributed by atoms with van der Waals surface area (Å²) < 4.78 is 5.49. The number of nitrogens with zero attached hydrogens (tertiary/aromatic N) is 4. The number of amides is 1. The van der Waals surface area contributed by atoms with E-state index in [9.17, 15) is 4.79 Å². The monoisotopic (exact) mass is 358 g/mol. The first kappa shape index (κ1) is 20.1. The van der Waals surface area contributed by atoms with Crippen molar-refractivity contribution in [1.29, 1.82) is 0 Å². The van der Waals surface area contributed by atoms with Crippen LogP contribution < -0.4 is 0 Å². The number of aliphatic imine (C=N–C) groups is 1. The van der Waals surface area contributed by atoms with E-state index in [1.54, 1.807) is 18.1 Å². The molecule has 0 radical (unpaired) electrons. The summed E-state index contributed by atoms with van der Waals surface area (Å²) >= 11 is 0. The molecule has 1 aromatic rings. The Labute approximate surface area is 156 Å². The molecule has 0 bridgehead atoms. The molecule has 0 saturated carbocycles. The van der Waals surface area contributed by atoms with Gasteiger partial charge in [0.25, 0.3) is 0 Å². The van der Waals surface area contributed by atoms with Crippen LogP contribution in [0, 0.1) is 0 Å². The van der Waals surface area contributed by atoms with E-state index in [2.05, 4.69) is 27.0 Å². The lowest BCUT2D eigenvalue weighted by molar-refractivity contribution is 0.0120. The molecular weight excluding hydrogens is 328 g/mol. The lowest BCUT2D eigenvalue weighted by Crippen LogP contribution is -2.51. The van der Waals surface area contributed by atoms with Crippen LogP contribution in [0.15, 0.2) is 41.2 Å². The molecular formula is C20H30N4O2. The molecule has 0 aromatic carbocycles. The quantitative estimate of drug-likeness (QED) is 0.775.